The number of nitro benzene ring substituents is 1. The first-order valence-corrected chi connectivity index (χ1v) is 6.50. The van der Waals surface area contributed by atoms with Crippen molar-refractivity contribution in [2.75, 3.05) is 0 Å². The van der Waals surface area contributed by atoms with E-state index in [0.717, 1.165) is 0 Å². The third kappa shape index (κ3) is 5.49. The number of nitro groups is 1. The first-order valence-electron chi connectivity index (χ1n) is 6.50. The van der Waals surface area contributed by atoms with Crippen LogP contribution >= 0.6 is 0 Å². The lowest BCUT2D eigenvalue weighted by Gasteiger charge is -2.24. The standard InChI is InChI=1S/C14H20N2O5/c1-14(2,3)21-13(18)12(17)11(15)8-9-4-6-10(7-5-9)16(19)20/h4-7,11-12,17H,8,15H2,1-3H3/t11-,12?/m0/s1. The number of hydrogen-bond donors (Lipinski definition) is 2. The molecule has 1 aromatic carbocycles. The fraction of sp³-hybridized carbons (Fsp3) is 0.500. The van der Waals surface area contributed by atoms with E-state index in [9.17, 15) is 20.0 Å². The fourth-order valence-electron chi connectivity index (χ4n) is 1.67. The van der Waals surface area contributed by atoms with Crippen LogP contribution in [-0.4, -0.2) is 33.7 Å². The minimum atomic E-state index is -1.44. The molecule has 116 valence electrons. The van der Waals surface area contributed by atoms with Crippen LogP contribution in [0.4, 0.5) is 5.69 Å². The first kappa shape index (κ1) is 17.1. The van der Waals surface area contributed by atoms with Crippen LogP contribution in [0.25, 0.3) is 0 Å². The number of esters is 1. The minimum absolute atomic E-state index is 0.0278. The molecule has 0 heterocycles. The molecule has 0 aliphatic rings. The molecule has 1 aromatic rings. The third-order valence-electron chi connectivity index (χ3n) is 2.67. The lowest BCUT2D eigenvalue weighted by atomic mass is 10.0. The van der Waals surface area contributed by atoms with Crippen molar-refractivity contribution in [1.82, 2.24) is 0 Å². The summed E-state index contributed by atoms with van der Waals surface area (Å²) in [5.74, 6) is -0.781. The van der Waals surface area contributed by atoms with Gasteiger partial charge in [0.15, 0.2) is 6.10 Å². The highest BCUT2D eigenvalue weighted by Crippen LogP contribution is 2.15. The summed E-state index contributed by atoms with van der Waals surface area (Å²) in [5, 5.41) is 20.4. The monoisotopic (exact) mass is 296 g/mol. The van der Waals surface area contributed by atoms with Gasteiger partial charge in [-0.1, -0.05) is 12.1 Å². The van der Waals surface area contributed by atoms with Crippen LogP contribution in [0.15, 0.2) is 24.3 Å². The van der Waals surface area contributed by atoms with Gasteiger partial charge in [0.25, 0.3) is 5.69 Å². The molecule has 0 aromatic heterocycles. The van der Waals surface area contributed by atoms with E-state index in [1.807, 2.05) is 0 Å². The van der Waals surface area contributed by atoms with Gasteiger partial charge in [-0.05, 0) is 32.8 Å². The molecule has 7 nitrogen and oxygen atoms in total. The van der Waals surface area contributed by atoms with Crippen molar-refractivity contribution in [2.45, 2.75) is 44.9 Å². The number of rotatable bonds is 5. The molecular weight excluding hydrogens is 276 g/mol. The number of benzene rings is 1. The van der Waals surface area contributed by atoms with Crippen LogP contribution in [-0.2, 0) is 16.0 Å². The van der Waals surface area contributed by atoms with Gasteiger partial charge in [0.2, 0.25) is 0 Å². The van der Waals surface area contributed by atoms with Gasteiger partial charge < -0.3 is 15.6 Å². The normalized spacial score (nSPS) is 14.3. The number of ether oxygens (including phenoxy) is 1. The number of aliphatic hydroxyl groups excluding tert-OH is 1. The van der Waals surface area contributed by atoms with Gasteiger partial charge in [-0.2, -0.15) is 0 Å². The Morgan fingerprint density at radius 2 is 1.90 bits per heavy atom. The summed E-state index contributed by atoms with van der Waals surface area (Å²) in [6.07, 6.45) is -1.24. The van der Waals surface area contributed by atoms with Gasteiger partial charge in [-0.15, -0.1) is 0 Å². The summed E-state index contributed by atoms with van der Waals surface area (Å²) >= 11 is 0. The zero-order chi connectivity index (χ0) is 16.2. The number of aliphatic hydroxyl groups is 1. The maximum absolute atomic E-state index is 11.7. The summed E-state index contributed by atoms with van der Waals surface area (Å²) < 4.78 is 5.05. The molecule has 2 atom stereocenters. The van der Waals surface area contributed by atoms with Crippen LogP contribution in [0.5, 0.6) is 0 Å². The fourth-order valence-corrected chi connectivity index (χ4v) is 1.67. The number of hydrogen-bond acceptors (Lipinski definition) is 6. The van der Waals surface area contributed by atoms with Crippen molar-refractivity contribution in [3.63, 3.8) is 0 Å². The maximum Gasteiger partial charge on any atom is 0.337 e. The van der Waals surface area contributed by atoms with E-state index in [1.54, 1.807) is 32.9 Å². The highest BCUT2D eigenvalue weighted by atomic mass is 16.6. The molecule has 0 fully saturated rings. The van der Waals surface area contributed by atoms with Crippen LogP contribution in [0.1, 0.15) is 26.3 Å². The van der Waals surface area contributed by atoms with Gasteiger partial charge in [0.05, 0.1) is 4.92 Å². The van der Waals surface area contributed by atoms with Gasteiger partial charge in [0.1, 0.15) is 5.60 Å². The summed E-state index contributed by atoms with van der Waals surface area (Å²) in [7, 11) is 0. The molecule has 1 unspecified atom stereocenters. The number of non-ortho nitro benzene ring substituents is 1. The minimum Gasteiger partial charge on any atom is -0.458 e. The third-order valence-corrected chi connectivity index (χ3v) is 2.67. The Balaban J connectivity index is 2.65. The second-order valence-corrected chi connectivity index (χ2v) is 5.77. The van der Waals surface area contributed by atoms with Crippen LogP contribution in [0.3, 0.4) is 0 Å². The van der Waals surface area contributed by atoms with Crippen LogP contribution in [0.2, 0.25) is 0 Å². The highest BCUT2D eigenvalue weighted by molar-refractivity contribution is 5.75. The van der Waals surface area contributed by atoms with E-state index in [0.29, 0.717) is 5.56 Å². The molecule has 0 amide bonds. The lowest BCUT2D eigenvalue weighted by Crippen LogP contribution is -2.45. The highest BCUT2D eigenvalue weighted by Gasteiger charge is 2.28. The van der Waals surface area contributed by atoms with Crippen molar-refractivity contribution in [3.8, 4) is 0 Å². The zero-order valence-corrected chi connectivity index (χ0v) is 12.3. The Kier molecular flexibility index (Phi) is 5.40. The van der Waals surface area contributed by atoms with E-state index in [-0.39, 0.29) is 12.1 Å². The van der Waals surface area contributed by atoms with Gasteiger partial charge in [-0.3, -0.25) is 10.1 Å². The lowest BCUT2D eigenvalue weighted by molar-refractivity contribution is -0.384. The summed E-state index contributed by atoms with van der Waals surface area (Å²) in [6.45, 7) is 5.08. The Bertz CT molecular complexity index is 507. The predicted octanol–water partition coefficient (Wildman–Crippen LogP) is 1.17. The Labute approximate surface area is 122 Å². The predicted molar refractivity (Wildman–Crippen MR) is 76.6 cm³/mol. The number of nitrogens with two attached hydrogens (primary N) is 1. The van der Waals surface area contributed by atoms with Gasteiger partial charge in [0, 0.05) is 18.2 Å². The zero-order valence-electron chi connectivity index (χ0n) is 12.3. The van der Waals surface area contributed by atoms with E-state index in [4.69, 9.17) is 10.5 Å². The smallest absolute Gasteiger partial charge is 0.337 e. The average Bonchev–Trinajstić information content (AvgIpc) is 2.36. The number of carbonyl (C=O) groups excluding carboxylic acids is 1. The molecule has 3 N–H and O–H groups in total. The molecule has 7 heteroatoms. The molecule has 21 heavy (non-hydrogen) atoms. The molecule has 0 radical (unpaired) electrons. The summed E-state index contributed by atoms with van der Waals surface area (Å²) in [4.78, 5) is 21.7. The molecular formula is C14H20N2O5. The largest absolute Gasteiger partial charge is 0.458 e. The Hall–Kier alpha value is -1.99. The Morgan fingerprint density at radius 1 is 1.38 bits per heavy atom. The van der Waals surface area contributed by atoms with E-state index >= 15 is 0 Å². The van der Waals surface area contributed by atoms with Gasteiger partial charge >= 0.3 is 5.97 Å². The molecule has 0 aliphatic heterocycles. The van der Waals surface area contributed by atoms with Crippen LogP contribution in [0, 0.1) is 10.1 Å². The Morgan fingerprint density at radius 3 is 2.33 bits per heavy atom. The van der Waals surface area contributed by atoms with E-state index < -0.39 is 28.6 Å². The van der Waals surface area contributed by atoms with Gasteiger partial charge in [-0.25, -0.2) is 4.79 Å². The molecule has 0 bridgehead atoms. The second kappa shape index (κ2) is 6.64. The van der Waals surface area contributed by atoms with E-state index in [1.165, 1.54) is 12.1 Å². The van der Waals surface area contributed by atoms with Crippen LogP contribution < -0.4 is 5.73 Å². The van der Waals surface area contributed by atoms with Crippen molar-refractivity contribution < 1.29 is 19.6 Å². The summed E-state index contributed by atoms with van der Waals surface area (Å²) in [6, 6.07) is 4.94. The van der Waals surface area contributed by atoms with Crippen molar-refractivity contribution in [2.24, 2.45) is 5.73 Å². The topological polar surface area (TPSA) is 116 Å². The van der Waals surface area contributed by atoms with Crippen molar-refractivity contribution in [3.05, 3.63) is 39.9 Å². The molecule has 0 saturated heterocycles. The molecule has 0 saturated carbocycles. The second-order valence-electron chi connectivity index (χ2n) is 5.77. The first-order chi connectivity index (χ1) is 9.60. The molecule has 1 rings (SSSR count). The quantitative estimate of drug-likeness (QED) is 0.478. The number of nitrogens with zero attached hydrogens (tertiary/aromatic N) is 1. The molecule has 0 aliphatic carbocycles. The number of carbonyl (C=O) groups is 1. The average molecular weight is 296 g/mol. The summed E-state index contributed by atoms with van der Waals surface area (Å²) in [5.41, 5.74) is 5.74. The SMILES string of the molecule is CC(C)(C)OC(=O)C(O)[C@@H](N)Cc1ccc([N+](=O)[O-])cc1. The van der Waals surface area contributed by atoms with Crippen molar-refractivity contribution in [1.29, 1.82) is 0 Å². The van der Waals surface area contributed by atoms with E-state index in [2.05, 4.69) is 0 Å². The van der Waals surface area contributed by atoms with Crippen molar-refractivity contribution >= 4 is 11.7 Å². The molecule has 0 spiro atoms. The maximum atomic E-state index is 11.7.